The van der Waals surface area contributed by atoms with E-state index in [4.69, 9.17) is 0 Å². The third kappa shape index (κ3) is 5.20. The van der Waals surface area contributed by atoms with Crippen molar-refractivity contribution in [2.24, 2.45) is 0 Å². The van der Waals surface area contributed by atoms with E-state index in [0.29, 0.717) is 4.90 Å². The van der Waals surface area contributed by atoms with Crippen LogP contribution >= 0.6 is 11.8 Å². The quantitative estimate of drug-likeness (QED) is 0.719. The van der Waals surface area contributed by atoms with E-state index >= 15 is 0 Å². The summed E-state index contributed by atoms with van der Waals surface area (Å²) >= 11 is 1.83. The number of thioether (sulfide) groups is 1. The topological polar surface area (TPSA) is 58.2 Å². The predicted molar refractivity (Wildman–Crippen MR) is 92.9 cm³/mol. The van der Waals surface area contributed by atoms with Crippen LogP contribution < -0.4 is 10.0 Å². The summed E-state index contributed by atoms with van der Waals surface area (Å²) < 4.78 is 27.9. The first-order valence-corrected chi connectivity index (χ1v) is 9.84. The number of hydrogen-bond donors (Lipinski definition) is 2. The third-order valence-corrected chi connectivity index (χ3v) is 6.10. The highest BCUT2D eigenvalue weighted by Gasteiger charge is 2.22. The van der Waals surface area contributed by atoms with Gasteiger partial charge in [0.15, 0.2) is 0 Å². The van der Waals surface area contributed by atoms with Gasteiger partial charge in [-0.15, -0.1) is 0 Å². The average molecular weight is 331 g/mol. The Labute approximate surface area is 133 Å². The molecule has 0 radical (unpaired) electrons. The van der Waals surface area contributed by atoms with Crippen LogP contribution in [-0.2, 0) is 10.0 Å². The molecule has 2 N–H and O–H groups in total. The summed E-state index contributed by atoms with van der Waals surface area (Å²) in [6.45, 7) is 7.69. The van der Waals surface area contributed by atoms with Crippen molar-refractivity contribution in [3.8, 4) is 0 Å². The van der Waals surface area contributed by atoms with Gasteiger partial charge in [-0.05, 0) is 62.0 Å². The number of nitrogens with one attached hydrogen (secondary N) is 2. The van der Waals surface area contributed by atoms with Crippen molar-refractivity contribution in [2.45, 2.75) is 45.1 Å². The zero-order valence-electron chi connectivity index (χ0n) is 13.5. The molecule has 1 atom stereocenters. The van der Waals surface area contributed by atoms with Crippen LogP contribution in [0, 0.1) is 13.8 Å². The fraction of sp³-hybridized carbons (Fsp3) is 0.600. The van der Waals surface area contributed by atoms with Crippen molar-refractivity contribution < 1.29 is 8.42 Å². The SMILES string of the molecule is CCSCCC(C)NS(=O)(=O)c1c(C)cc(NC)cc1C. The van der Waals surface area contributed by atoms with Crippen LogP contribution in [0.25, 0.3) is 0 Å². The van der Waals surface area contributed by atoms with Crippen LogP contribution in [0.3, 0.4) is 0 Å². The van der Waals surface area contributed by atoms with E-state index in [9.17, 15) is 8.42 Å². The Morgan fingerprint density at radius 2 is 1.81 bits per heavy atom. The van der Waals surface area contributed by atoms with Gasteiger partial charge in [-0.25, -0.2) is 13.1 Å². The normalized spacial score (nSPS) is 13.2. The van der Waals surface area contributed by atoms with Gasteiger partial charge in [-0.1, -0.05) is 6.92 Å². The molecule has 0 heterocycles. The van der Waals surface area contributed by atoms with Gasteiger partial charge >= 0.3 is 0 Å². The van der Waals surface area contributed by atoms with Gasteiger partial charge in [-0.2, -0.15) is 11.8 Å². The molecule has 6 heteroatoms. The molecule has 1 unspecified atom stereocenters. The fourth-order valence-electron chi connectivity index (χ4n) is 2.31. The molecule has 0 spiro atoms. The Balaban J connectivity index is 2.93. The Hall–Kier alpha value is -0.720. The standard InChI is InChI=1S/C15H26N2O2S2/c1-6-20-8-7-13(4)17-21(18,19)15-11(2)9-14(16-5)10-12(15)3/h9-10,13,16-17H,6-8H2,1-5H3. The summed E-state index contributed by atoms with van der Waals surface area (Å²) in [4.78, 5) is 0.400. The molecule has 0 aliphatic carbocycles. The monoisotopic (exact) mass is 330 g/mol. The molecular weight excluding hydrogens is 304 g/mol. The van der Waals surface area contributed by atoms with Crippen LogP contribution in [0.2, 0.25) is 0 Å². The van der Waals surface area contributed by atoms with Crippen LogP contribution in [0.4, 0.5) is 5.69 Å². The molecule has 0 bridgehead atoms. The van der Waals surface area contributed by atoms with Crippen molar-refractivity contribution in [1.29, 1.82) is 0 Å². The highest BCUT2D eigenvalue weighted by atomic mass is 32.2. The van der Waals surface area contributed by atoms with E-state index in [-0.39, 0.29) is 6.04 Å². The fourth-order valence-corrected chi connectivity index (χ4v) is 4.85. The molecule has 120 valence electrons. The number of aryl methyl sites for hydroxylation is 2. The number of rotatable bonds is 8. The van der Waals surface area contributed by atoms with E-state index in [0.717, 1.165) is 34.7 Å². The lowest BCUT2D eigenvalue weighted by Crippen LogP contribution is -2.33. The lowest BCUT2D eigenvalue weighted by Gasteiger charge is -2.17. The molecule has 0 saturated heterocycles. The molecule has 0 aromatic heterocycles. The molecule has 4 nitrogen and oxygen atoms in total. The maximum absolute atomic E-state index is 12.6. The molecule has 1 rings (SSSR count). The summed E-state index contributed by atoms with van der Waals surface area (Å²) in [5.41, 5.74) is 2.46. The average Bonchev–Trinajstić information content (AvgIpc) is 2.36. The Bertz CT molecular complexity index is 548. The summed E-state index contributed by atoms with van der Waals surface area (Å²) in [5, 5.41) is 3.04. The Morgan fingerprint density at radius 1 is 1.24 bits per heavy atom. The number of hydrogen-bond acceptors (Lipinski definition) is 4. The Morgan fingerprint density at radius 3 is 2.29 bits per heavy atom. The minimum absolute atomic E-state index is 0.0585. The van der Waals surface area contributed by atoms with Gasteiger partial charge in [0.2, 0.25) is 10.0 Å². The summed E-state index contributed by atoms with van der Waals surface area (Å²) in [7, 11) is -1.64. The smallest absolute Gasteiger partial charge is 0.241 e. The lowest BCUT2D eigenvalue weighted by molar-refractivity contribution is 0.556. The lowest BCUT2D eigenvalue weighted by atomic mass is 10.1. The summed E-state index contributed by atoms with van der Waals surface area (Å²) in [6, 6.07) is 3.66. The van der Waals surface area contributed by atoms with E-state index < -0.39 is 10.0 Å². The number of anilines is 1. The van der Waals surface area contributed by atoms with Crippen molar-refractivity contribution in [3.63, 3.8) is 0 Å². The molecule has 1 aromatic rings. The minimum atomic E-state index is -3.47. The van der Waals surface area contributed by atoms with Gasteiger partial charge in [0, 0.05) is 18.8 Å². The largest absolute Gasteiger partial charge is 0.388 e. The molecule has 0 aliphatic rings. The Kier molecular flexibility index (Phi) is 7.03. The molecule has 0 aliphatic heterocycles. The molecule has 0 fully saturated rings. The first kappa shape index (κ1) is 18.3. The van der Waals surface area contributed by atoms with Gasteiger partial charge in [-0.3, -0.25) is 0 Å². The van der Waals surface area contributed by atoms with E-state index in [1.165, 1.54) is 0 Å². The van der Waals surface area contributed by atoms with Gasteiger partial charge < -0.3 is 5.32 Å². The maximum Gasteiger partial charge on any atom is 0.241 e. The highest BCUT2D eigenvalue weighted by molar-refractivity contribution is 7.99. The van der Waals surface area contributed by atoms with Crippen molar-refractivity contribution >= 4 is 27.5 Å². The van der Waals surface area contributed by atoms with E-state index in [1.54, 1.807) is 0 Å². The summed E-state index contributed by atoms with van der Waals surface area (Å²) in [6.07, 6.45) is 0.838. The van der Waals surface area contributed by atoms with E-state index in [2.05, 4.69) is 17.0 Å². The van der Waals surface area contributed by atoms with Gasteiger partial charge in [0.05, 0.1) is 4.90 Å². The second kappa shape index (κ2) is 8.06. The van der Waals surface area contributed by atoms with Crippen LogP contribution in [-0.4, -0.2) is 33.0 Å². The van der Waals surface area contributed by atoms with Crippen molar-refractivity contribution in [1.82, 2.24) is 4.72 Å². The van der Waals surface area contributed by atoms with E-state index in [1.807, 2.05) is 51.7 Å². The maximum atomic E-state index is 12.6. The van der Waals surface area contributed by atoms with Crippen LogP contribution in [0.5, 0.6) is 0 Å². The summed E-state index contributed by atoms with van der Waals surface area (Å²) in [5.74, 6) is 2.03. The van der Waals surface area contributed by atoms with Gasteiger partial charge in [0.25, 0.3) is 0 Å². The van der Waals surface area contributed by atoms with Crippen molar-refractivity contribution in [2.75, 3.05) is 23.9 Å². The zero-order chi connectivity index (χ0) is 16.0. The van der Waals surface area contributed by atoms with Crippen LogP contribution in [0.1, 0.15) is 31.4 Å². The number of sulfonamides is 1. The molecule has 0 saturated carbocycles. The molecule has 21 heavy (non-hydrogen) atoms. The predicted octanol–water partition coefficient (Wildman–Crippen LogP) is 3.16. The second-order valence-electron chi connectivity index (χ2n) is 5.20. The molecular formula is C15H26N2O2S2. The number of benzene rings is 1. The molecule has 0 amide bonds. The second-order valence-corrected chi connectivity index (χ2v) is 8.24. The highest BCUT2D eigenvalue weighted by Crippen LogP contribution is 2.24. The van der Waals surface area contributed by atoms with Crippen molar-refractivity contribution in [3.05, 3.63) is 23.3 Å². The minimum Gasteiger partial charge on any atom is -0.388 e. The van der Waals surface area contributed by atoms with Crippen LogP contribution in [0.15, 0.2) is 17.0 Å². The molecule has 1 aromatic carbocycles. The zero-order valence-corrected chi connectivity index (χ0v) is 15.1. The first-order chi connectivity index (χ1) is 9.81. The first-order valence-electron chi connectivity index (χ1n) is 7.21. The third-order valence-electron chi connectivity index (χ3n) is 3.27. The van der Waals surface area contributed by atoms with Gasteiger partial charge in [0.1, 0.15) is 0 Å².